The van der Waals surface area contributed by atoms with Crippen LogP contribution in [0.5, 0.6) is 23.0 Å². The number of carboxylic acids is 2. The number of benzene rings is 2. The molecule has 0 radical (unpaired) electrons. The van der Waals surface area contributed by atoms with Gasteiger partial charge in [-0.2, -0.15) is 0 Å². The predicted molar refractivity (Wildman–Crippen MR) is 131 cm³/mol. The first-order chi connectivity index (χ1) is 17.6. The van der Waals surface area contributed by atoms with Gasteiger partial charge in [0.1, 0.15) is 30.2 Å². The molecule has 3 rings (SSSR count). The maximum Gasteiger partial charge on any atom is 0.351 e. The van der Waals surface area contributed by atoms with Crippen LogP contribution in [0.2, 0.25) is 0 Å². The average molecular weight is 516 g/mol. The molecule has 0 fully saturated rings. The van der Waals surface area contributed by atoms with E-state index in [1.54, 1.807) is 19.3 Å². The van der Waals surface area contributed by atoms with Gasteiger partial charge in [0.05, 0.1) is 47.1 Å². The molecule has 1 heterocycles. The van der Waals surface area contributed by atoms with E-state index >= 15 is 0 Å². The molecule has 0 saturated heterocycles. The third-order valence-electron chi connectivity index (χ3n) is 5.00. The maximum absolute atomic E-state index is 13.3. The fourth-order valence-corrected chi connectivity index (χ4v) is 3.20. The monoisotopic (exact) mass is 515 g/mol. The normalized spacial score (nSPS) is 10.6. The number of likely N-dealkylation sites (N-methyl/N-ethyl adjacent to an activating group) is 1. The van der Waals surface area contributed by atoms with Crippen molar-refractivity contribution in [2.24, 2.45) is 0 Å². The number of fused-ring (bicyclic) bond motifs is 1. The van der Waals surface area contributed by atoms with Crippen LogP contribution in [0.3, 0.4) is 0 Å². The van der Waals surface area contributed by atoms with Gasteiger partial charge in [0.25, 0.3) is 0 Å². The van der Waals surface area contributed by atoms with Crippen LogP contribution in [-0.4, -0.2) is 71.4 Å². The number of carboxylic acid groups (broad SMARTS) is 2. The summed E-state index contributed by atoms with van der Waals surface area (Å²) in [6.45, 7) is 1.15. The minimum Gasteiger partial charge on any atom is -0.539 e. The van der Waals surface area contributed by atoms with E-state index in [1.807, 2.05) is 38.4 Å². The van der Waals surface area contributed by atoms with Gasteiger partial charge in [0.15, 0.2) is 23.1 Å². The summed E-state index contributed by atoms with van der Waals surface area (Å²) in [6.07, 6.45) is 4.76. The number of quaternary nitrogens is 1. The standard InChI is InChI=1S/C24H27NO6.C2H2O4/c1-25(2)13-15-31-23-20(19(26)11-8-16-6-9-17(27-3)10-7-16)21(28-4)18-12-14-30-22(18)24(23)29-5;3-1(4)2(5)6/h6-12,14H,13,15H2,1-5H3;(H,3,4)(H,5,6)/b11-8+;. The zero-order valence-corrected chi connectivity index (χ0v) is 21.2. The number of ether oxygens (including phenoxy) is 4. The molecule has 3 aromatic rings. The Kier molecular flexibility index (Phi) is 10.5. The molecule has 0 aliphatic carbocycles. The summed E-state index contributed by atoms with van der Waals surface area (Å²) in [5.74, 6) is -2.45. The number of carbonyl (C=O) groups is 3. The molecule has 2 aromatic carbocycles. The maximum atomic E-state index is 13.3. The molecule has 0 saturated carbocycles. The fraction of sp³-hybridized carbons (Fsp3) is 0.269. The second-order valence-corrected chi connectivity index (χ2v) is 7.80. The van der Waals surface area contributed by atoms with Crippen LogP contribution < -0.4 is 29.0 Å². The van der Waals surface area contributed by atoms with Gasteiger partial charge in [-0.3, -0.25) is 4.79 Å². The number of nitrogens with one attached hydrogen (secondary N) is 1. The number of methoxy groups -OCH3 is 3. The first-order valence-electron chi connectivity index (χ1n) is 11.0. The predicted octanol–water partition coefficient (Wildman–Crippen LogP) is 0.699. The SMILES string of the molecule is COc1ccc(/C=C/C(=O)c2c(OCC[NH+](C)C)c(OC)c3occc3c2OC)cc1.O=C([O-])C(=O)O. The molecular formula is C26H29NO10. The van der Waals surface area contributed by atoms with Crippen molar-refractivity contribution < 1.29 is 52.9 Å². The van der Waals surface area contributed by atoms with Crippen LogP contribution >= 0.6 is 0 Å². The van der Waals surface area contributed by atoms with E-state index in [4.69, 9.17) is 43.2 Å². The molecule has 11 heteroatoms. The Hall–Kier alpha value is -4.51. The van der Waals surface area contributed by atoms with Gasteiger partial charge < -0.3 is 43.3 Å². The number of allylic oxidation sites excluding steroid dienone is 1. The van der Waals surface area contributed by atoms with Gasteiger partial charge in [-0.05, 0) is 29.8 Å². The van der Waals surface area contributed by atoms with E-state index in [1.165, 1.54) is 31.5 Å². The van der Waals surface area contributed by atoms with Crippen LogP contribution in [0.25, 0.3) is 17.0 Å². The molecule has 37 heavy (non-hydrogen) atoms. The van der Waals surface area contributed by atoms with Gasteiger partial charge in [0.2, 0.25) is 5.75 Å². The molecule has 0 spiro atoms. The van der Waals surface area contributed by atoms with Gasteiger partial charge >= 0.3 is 5.97 Å². The summed E-state index contributed by atoms with van der Waals surface area (Å²) < 4.78 is 28.0. The highest BCUT2D eigenvalue weighted by Gasteiger charge is 2.28. The zero-order valence-electron chi connectivity index (χ0n) is 21.2. The summed E-state index contributed by atoms with van der Waals surface area (Å²) >= 11 is 0. The number of ketones is 1. The van der Waals surface area contributed by atoms with E-state index < -0.39 is 11.9 Å². The summed E-state index contributed by atoms with van der Waals surface area (Å²) in [4.78, 5) is 32.6. The largest absolute Gasteiger partial charge is 0.539 e. The van der Waals surface area contributed by atoms with Crippen LogP contribution in [-0.2, 0) is 9.59 Å². The molecular weight excluding hydrogens is 486 g/mol. The highest BCUT2D eigenvalue weighted by molar-refractivity contribution is 6.26. The second kappa shape index (κ2) is 13.5. The Morgan fingerprint density at radius 1 is 0.973 bits per heavy atom. The molecule has 0 unspecified atom stereocenters. The first-order valence-corrected chi connectivity index (χ1v) is 11.0. The molecule has 0 aliphatic heterocycles. The second-order valence-electron chi connectivity index (χ2n) is 7.80. The van der Waals surface area contributed by atoms with Gasteiger partial charge in [-0.15, -0.1) is 0 Å². The van der Waals surface area contributed by atoms with Crippen molar-refractivity contribution in [1.82, 2.24) is 0 Å². The minimum absolute atomic E-state index is 0.263. The van der Waals surface area contributed by atoms with Crippen molar-refractivity contribution in [2.45, 2.75) is 0 Å². The smallest absolute Gasteiger partial charge is 0.351 e. The fourth-order valence-electron chi connectivity index (χ4n) is 3.20. The zero-order chi connectivity index (χ0) is 27.5. The van der Waals surface area contributed by atoms with Crippen molar-refractivity contribution in [1.29, 1.82) is 0 Å². The number of aliphatic carboxylic acids is 2. The van der Waals surface area contributed by atoms with Gasteiger partial charge in [-0.1, -0.05) is 18.2 Å². The number of hydrogen-bond donors (Lipinski definition) is 2. The minimum atomic E-state index is -2.07. The Bertz CT molecular complexity index is 1250. The van der Waals surface area contributed by atoms with E-state index in [9.17, 15) is 4.79 Å². The van der Waals surface area contributed by atoms with E-state index in [-0.39, 0.29) is 5.78 Å². The van der Waals surface area contributed by atoms with Crippen LogP contribution in [0.1, 0.15) is 15.9 Å². The number of rotatable bonds is 10. The molecule has 198 valence electrons. The molecule has 2 N–H and O–H groups in total. The number of carbonyl (C=O) groups excluding carboxylic acids is 2. The Morgan fingerprint density at radius 2 is 1.59 bits per heavy atom. The lowest BCUT2D eigenvalue weighted by molar-refractivity contribution is -0.858. The van der Waals surface area contributed by atoms with E-state index in [2.05, 4.69) is 0 Å². The first kappa shape index (κ1) is 28.7. The highest BCUT2D eigenvalue weighted by atomic mass is 16.5. The van der Waals surface area contributed by atoms with Crippen LogP contribution in [0.4, 0.5) is 0 Å². The molecule has 0 atom stereocenters. The third kappa shape index (κ3) is 7.48. The highest BCUT2D eigenvalue weighted by Crippen LogP contribution is 2.46. The lowest BCUT2D eigenvalue weighted by Crippen LogP contribution is -3.06. The summed E-state index contributed by atoms with van der Waals surface area (Å²) in [7, 11) is 8.71. The van der Waals surface area contributed by atoms with Crippen molar-refractivity contribution in [2.75, 3.05) is 48.6 Å². The Balaban J connectivity index is 0.000000717. The average Bonchev–Trinajstić information content (AvgIpc) is 3.36. The lowest BCUT2D eigenvalue weighted by atomic mass is 10.0. The Morgan fingerprint density at radius 3 is 2.11 bits per heavy atom. The number of furan rings is 1. The molecule has 1 aromatic heterocycles. The van der Waals surface area contributed by atoms with Crippen molar-refractivity contribution in [3.63, 3.8) is 0 Å². The Labute approximate surface area is 213 Å². The lowest BCUT2D eigenvalue weighted by Gasteiger charge is -2.18. The van der Waals surface area contributed by atoms with Gasteiger partial charge in [0, 0.05) is 0 Å². The summed E-state index contributed by atoms with van der Waals surface area (Å²) in [5.41, 5.74) is 1.64. The summed E-state index contributed by atoms with van der Waals surface area (Å²) in [6, 6.07) is 9.16. The quantitative estimate of drug-likeness (QED) is 0.224. The number of hydrogen-bond acceptors (Lipinski definition) is 9. The topological polar surface area (TPSA) is 149 Å². The van der Waals surface area contributed by atoms with Crippen LogP contribution in [0.15, 0.2) is 47.1 Å². The molecule has 0 amide bonds. The van der Waals surface area contributed by atoms with Crippen LogP contribution in [0, 0.1) is 0 Å². The molecule has 0 bridgehead atoms. The van der Waals surface area contributed by atoms with Crippen molar-refractivity contribution >= 4 is 34.8 Å². The van der Waals surface area contributed by atoms with Crippen molar-refractivity contribution in [3.8, 4) is 23.0 Å². The molecule has 11 nitrogen and oxygen atoms in total. The van der Waals surface area contributed by atoms with E-state index in [0.717, 1.165) is 17.9 Å². The third-order valence-corrected chi connectivity index (χ3v) is 5.00. The molecule has 0 aliphatic rings. The van der Waals surface area contributed by atoms with Crippen molar-refractivity contribution in [3.05, 3.63) is 53.8 Å². The van der Waals surface area contributed by atoms with Gasteiger partial charge in [-0.25, -0.2) is 4.79 Å². The van der Waals surface area contributed by atoms with E-state index in [0.29, 0.717) is 40.4 Å². The summed E-state index contributed by atoms with van der Waals surface area (Å²) in [5, 5.41) is 17.0.